The second-order valence-electron chi connectivity index (χ2n) is 9.26. The highest BCUT2D eigenvalue weighted by molar-refractivity contribution is 7.15. The number of benzene rings is 3. The molecular formula is C30H25N5O2S. The zero-order chi connectivity index (χ0) is 26.2. The molecule has 0 bridgehead atoms. The SMILES string of the molecule is Cc1ccccc1-c1nc2sc(=Cc3cn(-c4ccccc4)nc3-c3ccc(OC(C)C)cc3)c(=O)n2n1. The maximum Gasteiger partial charge on any atom is 0.291 e. The van der Waals surface area contributed by atoms with Gasteiger partial charge in [0.25, 0.3) is 5.56 Å². The number of hydrogen-bond acceptors (Lipinski definition) is 6. The standard InChI is InChI=1S/C30H25N5O2S/c1-19(2)37-24-15-13-21(14-16-24)27-22(18-34(32-27)23-10-5-4-6-11-23)17-26-29(36)35-30(38-26)31-28(33-35)25-12-8-7-9-20(25)3/h4-19H,1-3H3. The molecule has 38 heavy (non-hydrogen) atoms. The van der Waals surface area contributed by atoms with E-state index in [0.29, 0.717) is 15.3 Å². The van der Waals surface area contributed by atoms with E-state index in [1.54, 1.807) is 0 Å². The average Bonchev–Trinajstić information content (AvgIpc) is 3.60. The Kier molecular flexibility index (Phi) is 6.09. The molecule has 0 spiro atoms. The van der Waals surface area contributed by atoms with Crippen LogP contribution in [-0.4, -0.2) is 30.5 Å². The van der Waals surface area contributed by atoms with Gasteiger partial charge in [-0.2, -0.15) is 14.6 Å². The van der Waals surface area contributed by atoms with E-state index in [1.807, 2.05) is 117 Å². The van der Waals surface area contributed by atoms with Crippen LogP contribution in [0.4, 0.5) is 0 Å². The van der Waals surface area contributed by atoms with Gasteiger partial charge in [0.2, 0.25) is 4.96 Å². The largest absolute Gasteiger partial charge is 0.491 e. The number of hydrogen-bond donors (Lipinski definition) is 0. The van der Waals surface area contributed by atoms with Gasteiger partial charge >= 0.3 is 0 Å². The summed E-state index contributed by atoms with van der Waals surface area (Å²) in [5, 5.41) is 9.40. The van der Waals surface area contributed by atoms with Gasteiger partial charge in [0.15, 0.2) is 5.82 Å². The second-order valence-corrected chi connectivity index (χ2v) is 10.3. The molecule has 7 nitrogen and oxygen atoms in total. The van der Waals surface area contributed by atoms with Gasteiger partial charge in [0.1, 0.15) is 11.4 Å². The summed E-state index contributed by atoms with van der Waals surface area (Å²) in [4.78, 5) is 18.5. The van der Waals surface area contributed by atoms with Gasteiger partial charge in [0, 0.05) is 22.9 Å². The number of thiazole rings is 1. The first-order valence-corrected chi connectivity index (χ1v) is 13.2. The number of rotatable bonds is 6. The van der Waals surface area contributed by atoms with Crippen molar-refractivity contribution in [2.45, 2.75) is 26.9 Å². The summed E-state index contributed by atoms with van der Waals surface area (Å²) in [6.45, 7) is 6.01. The van der Waals surface area contributed by atoms with Crippen LogP contribution < -0.4 is 14.8 Å². The van der Waals surface area contributed by atoms with Crippen molar-refractivity contribution in [1.82, 2.24) is 24.4 Å². The molecule has 6 aromatic rings. The number of aryl methyl sites for hydroxylation is 1. The first-order valence-electron chi connectivity index (χ1n) is 12.4. The van der Waals surface area contributed by atoms with E-state index in [0.717, 1.165) is 39.4 Å². The zero-order valence-corrected chi connectivity index (χ0v) is 22.0. The molecule has 0 N–H and O–H groups in total. The van der Waals surface area contributed by atoms with Crippen LogP contribution >= 0.6 is 11.3 Å². The number of nitrogens with zero attached hydrogens (tertiary/aromatic N) is 5. The first-order chi connectivity index (χ1) is 18.5. The van der Waals surface area contributed by atoms with Crippen molar-refractivity contribution in [2.24, 2.45) is 0 Å². The molecule has 0 fully saturated rings. The van der Waals surface area contributed by atoms with Gasteiger partial charge in [-0.3, -0.25) is 4.79 Å². The van der Waals surface area contributed by atoms with E-state index >= 15 is 0 Å². The normalized spacial score (nSPS) is 12.1. The highest BCUT2D eigenvalue weighted by Crippen LogP contribution is 2.27. The lowest BCUT2D eigenvalue weighted by Crippen LogP contribution is -2.23. The Morgan fingerprint density at radius 3 is 2.37 bits per heavy atom. The highest BCUT2D eigenvalue weighted by Gasteiger charge is 2.16. The third-order valence-electron chi connectivity index (χ3n) is 6.12. The van der Waals surface area contributed by atoms with E-state index in [2.05, 4.69) is 10.1 Å². The quantitative estimate of drug-likeness (QED) is 0.298. The fourth-order valence-corrected chi connectivity index (χ4v) is 5.21. The van der Waals surface area contributed by atoms with Crippen molar-refractivity contribution in [2.75, 3.05) is 0 Å². The smallest absolute Gasteiger partial charge is 0.291 e. The summed E-state index contributed by atoms with van der Waals surface area (Å²) in [6, 6.07) is 25.7. The van der Waals surface area contributed by atoms with Crippen molar-refractivity contribution in [3.05, 3.63) is 111 Å². The molecule has 3 aromatic carbocycles. The molecule has 0 unspecified atom stereocenters. The minimum absolute atomic E-state index is 0.0928. The summed E-state index contributed by atoms with van der Waals surface area (Å²) in [7, 11) is 0. The average molecular weight is 520 g/mol. The fraction of sp³-hybridized carbons (Fsp3) is 0.133. The fourth-order valence-electron chi connectivity index (χ4n) is 4.31. The molecule has 0 atom stereocenters. The molecule has 0 saturated carbocycles. The summed E-state index contributed by atoms with van der Waals surface area (Å²) >= 11 is 1.32. The van der Waals surface area contributed by atoms with Crippen molar-refractivity contribution < 1.29 is 4.74 Å². The Hall–Kier alpha value is -4.56. The molecule has 188 valence electrons. The van der Waals surface area contributed by atoms with Gasteiger partial charge in [0.05, 0.1) is 16.3 Å². The summed E-state index contributed by atoms with van der Waals surface area (Å²) in [6.07, 6.45) is 3.91. The third kappa shape index (κ3) is 4.50. The lowest BCUT2D eigenvalue weighted by molar-refractivity contribution is 0.242. The van der Waals surface area contributed by atoms with Crippen LogP contribution in [-0.2, 0) is 0 Å². The van der Waals surface area contributed by atoms with Gasteiger partial charge in [-0.1, -0.05) is 53.8 Å². The molecule has 0 aliphatic heterocycles. The summed E-state index contributed by atoms with van der Waals surface area (Å²) in [5.41, 5.74) is 5.24. The van der Waals surface area contributed by atoms with E-state index in [1.165, 1.54) is 15.9 Å². The molecule has 0 amide bonds. The number of para-hydroxylation sites is 1. The molecule has 0 saturated heterocycles. The Bertz CT molecular complexity index is 1850. The van der Waals surface area contributed by atoms with Crippen LogP contribution in [0.1, 0.15) is 25.0 Å². The first kappa shape index (κ1) is 23.8. The van der Waals surface area contributed by atoms with Crippen molar-refractivity contribution >= 4 is 22.4 Å². The molecule has 0 radical (unpaired) electrons. The van der Waals surface area contributed by atoms with Crippen LogP contribution in [0.2, 0.25) is 0 Å². The second kappa shape index (κ2) is 9.72. The van der Waals surface area contributed by atoms with Crippen molar-refractivity contribution in [1.29, 1.82) is 0 Å². The van der Waals surface area contributed by atoms with Crippen LogP contribution in [0.15, 0.2) is 89.9 Å². The Morgan fingerprint density at radius 2 is 1.66 bits per heavy atom. The van der Waals surface area contributed by atoms with E-state index < -0.39 is 0 Å². The number of ether oxygens (including phenoxy) is 1. The number of fused-ring (bicyclic) bond motifs is 1. The minimum atomic E-state index is -0.198. The maximum absolute atomic E-state index is 13.3. The predicted octanol–water partition coefficient (Wildman–Crippen LogP) is 5.31. The molecule has 3 aromatic heterocycles. The highest BCUT2D eigenvalue weighted by atomic mass is 32.1. The molecule has 0 aliphatic carbocycles. The maximum atomic E-state index is 13.3. The summed E-state index contributed by atoms with van der Waals surface area (Å²) < 4.78 is 9.57. The molecule has 0 aliphatic rings. The molecule has 8 heteroatoms. The summed E-state index contributed by atoms with van der Waals surface area (Å²) in [5.74, 6) is 1.35. The van der Waals surface area contributed by atoms with Crippen LogP contribution in [0.5, 0.6) is 5.75 Å². The number of aromatic nitrogens is 5. The Balaban J connectivity index is 1.46. The van der Waals surface area contributed by atoms with Gasteiger partial charge in [-0.05, 0) is 68.8 Å². The Labute approximate surface area is 223 Å². The van der Waals surface area contributed by atoms with Gasteiger partial charge in [-0.15, -0.1) is 5.10 Å². The lowest BCUT2D eigenvalue weighted by atomic mass is 10.1. The van der Waals surface area contributed by atoms with Crippen molar-refractivity contribution in [3.63, 3.8) is 0 Å². The minimum Gasteiger partial charge on any atom is -0.491 e. The van der Waals surface area contributed by atoms with Crippen LogP contribution in [0.3, 0.4) is 0 Å². The van der Waals surface area contributed by atoms with Crippen LogP contribution in [0.25, 0.3) is 39.4 Å². The van der Waals surface area contributed by atoms with Crippen LogP contribution in [0, 0.1) is 6.92 Å². The lowest BCUT2D eigenvalue weighted by Gasteiger charge is -2.09. The van der Waals surface area contributed by atoms with E-state index in [4.69, 9.17) is 9.84 Å². The van der Waals surface area contributed by atoms with E-state index in [9.17, 15) is 4.79 Å². The molecular weight excluding hydrogens is 494 g/mol. The Morgan fingerprint density at radius 1 is 0.921 bits per heavy atom. The molecule has 6 rings (SSSR count). The topological polar surface area (TPSA) is 74.3 Å². The monoisotopic (exact) mass is 519 g/mol. The predicted molar refractivity (Wildman–Crippen MR) is 151 cm³/mol. The van der Waals surface area contributed by atoms with E-state index in [-0.39, 0.29) is 11.7 Å². The third-order valence-corrected chi connectivity index (χ3v) is 7.08. The zero-order valence-electron chi connectivity index (χ0n) is 21.2. The van der Waals surface area contributed by atoms with Gasteiger partial charge < -0.3 is 4.74 Å². The van der Waals surface area contributed by atoms with Gasteiger partial charge in [-0.25, -0.2) is 4.68 Å². The molecule has 3 heterocycles. The van der Waals surface area contributed by atoms with Crippen molar-refractivity contribution in [3.8, 4) is 34.1 Å².